The quantitative estimate of drug-likeness (QED) is 0.483. The summed E-state index contributed by atoms with van der Waals surface area (Å²) in [5, 5.41) is 0. The van der Waals surface area contributed by atoms with Crippen LogP contribution in [-0.2, 0) is 4.79 Å². The molecular weight excluding hydrogens is 172 g/mol. The molecule has 0 spiro atoms. The van der Waals surface area contributed by atoms with Crippen LogP contribution < -0.4 is 0 Å². The summed E-state index contributed by atoms with van der Waals surface area (Å²) < 4.78 is 0. The fourth-order valence-corrected chi connectivity index (χ4v) is 2.42. The molecule has 0 saturated carbocycles. The highest BCUT2D eigenvalue weighted by atomic mass is 16.1. The largest absolute Gasteiger partial charge is 0.294 e. The van der Waals surface area contributed by atoms with E-state index < -0.39 is 0 Å². The fourth-order valence-electron chi connectivity index (χ4n) is 2.42. The average Bonchev–Trinajstić information content (AvgIpc) is 2.02. The van der Waals surface area contributed by atoms with Gasteiger partial charge in [0.2, 0.25) is 0 Å². The van der Waals surface area contributed by atoms with Crippen LogP contribution in [0.5, 0.6) is 0 Å². The number of hydrogen-bond donors (Lipinski definition) is 0. The van der Waals surface area contributed by atoms with Crippen molar-refractivity contribution < 1.29 is 4.79 Å². The SMILES string of the molecule is C/C=C\C(=O)[C@@H]1C(C)=CCCC1(C)C. The lowest BCUT2D eigenvalue weighted by molar-refractivity contribution is -0.120. The van der Waals surface area contributed by atoms with E-state index in [0.717, 1.165) is 12.8 Å². The number of carbonyl (C=O) groups is 1. The average molecular weight is 192 g/mol. The van der Waals surface area contributed by atoms with Crippen molar-refractivity contribution in [2.45, 2.75) is 40.5 Å². The van der Waals surface area contributed by atoms with E-state index in [0.29, 0.717) is 0 Å². The molecule has 0 aromatic carbocycles. The van der Waals surface area contributed by atoms with Crippen molar-refractivity contribution in [2.24, 2.45) is 11.3 Å². The van der Waals surface area contributed by atoms with Gasteiger partial charge < -0.3 is 0 Å². The Hall–Kier alpha value is -0.850. The van der Waals surface area contributed by atoms with Gasteiger partial charge in [0.25, 0.3) is 0 Å². The zero-order chi connectivity index (χ0) is 10.8. The number of rotatable bonds is 2. The third-order valence-corrected chi connectivity index (χ3v) is 3.11. The summed E-state index contributed by atoms with van der Waals surface area (Å²) in [4.78, 5) is 11.9. The van der Waals surface area contributed by atoms with E-state index in [2.05, 4.69) is 26.8 Å². The van der Waals surface area contributed by atoms with Crippen LogP contribution in [0.3, 0.4) is 0 Å². The Morgan fingerprint density at radius 1 is 1.57 bits per heavy atom. The molecule has 1 aliphatic rings. The highest BCUT2D eigenvalue weighted by Gasteiger charge is 2.36. The monoisotopic (exact) mass is 192 g/mol. The Labute approximate surface area is 86.9 Å². The summed E-state index contributed by atoms with van der Waals surface area (Å²) in [5.41, 5.74) is 1.36. The Balaban J connectivity index is 2.97. The van der Waals surface area contributed by atoms with Gasteiger partial charge in [-0.15, -0.1) is 0 Å². The standard InChI is InChI=1S/C13H20O/c1-5-7-11(14)12-10(2)8-6-9-13(12,3)4/h5,7-8,12H,6,9H2,1-4H3/b7-5-/t12-/m0/s1. The van der Waals surface area contributed by atoms with E-state index in [4.69, 9.17) is 0 Å². The summed E-state index contributed by atoms with van der Waals surface area (Å²) in [6.45, 7) is 8.35. The van der Waals surface area contributed by atoms with Crippen molar-refractivity contribution in [3.05, 3.63) is 23.8 Å². The number of allylic oxidation sites excluding steroid dienone is 4. The minimum absolute atomic E-state index is 0.0902. The van der Waals surface area contributed by atoms with Crippen LogP contribution >= 0.6 is 0 Å². The van der Waals surface area contributed by atoms with Gasteiger partial charge in [0.05, 0.1) is 0 Å². The molecule has 1 aliphatic carbocycles. The molecule has 1 nitrogen and oxygen atoms in total. The molecule has 1 atom stereocenters. The zero-order valence-corrected chi connectivity index (χ0v) is 9.63. The highest BCUT2D eigenvalue weighted by molar-refractivity contribution is 5.94. The van der Waals surface area contributed by atoms with E-state index in [9.17, 15) is 4.79 Å². The summed E-state index contributed by atoms with van der Waals surface area (Å²) in [6, 6.07) is 0. The van der Waals surface area contributed by atoms with E-state index >= 15 is 0 Å². The normalized spacial score (nSPS) is 26.3. The van der Waals surface area contributed by atoms with Crippen LogP contribution in [0.15, 0.2) is 23.8 Å². The van der Waals surface area contributed by atoms with Crippen molar-refractivity contribution in [3.8, 4) is 0 Å². The van der Waals surface area contributed by atoms with Crippen LogP contribution in [0.1, 0.15) is 40.5 Å². The topological polar surface area (TPSA) is 17.1 Å². The molecule has 0 aromatic rings. The lowest BCUT2D eigenvalue weighted by Gasteiger charge is -2.36. The highest BCUT2D eigenvalue weighted by Crippen LogP contribution is 2.41. The van der Waals surface area contributed by atoms with Crippen LogP contribution in [0, 0.1) is 11.3 Å². The lowest BCUT2D eigenvalue weighted by atomic mass is 9.67. The van der Waals surface area contributed by atoms with Gasteiger partial charge in [-0.3, -0.25) is 4.79 Å². The van der Waals surface area contributed by atoms with Gasteiger partial charge in [-0.2, -0.15) is 0 Å². The maximum absolute atomic E-state index is 11.9. The molecule has 1 heteroatoms. The van der Waals surface area contributed by atoms with Gasteiger partial charge in [-0.1, -0.05) is 31.6 Å². The minimum atomic E-state index is 0.0902. The minimum Gasteiger partial charge on any atom is -0.294 e. The molecule has 0 heterocycles. The van der Waals surface area contributed by atoms with Crippen LogP contribution in [0.2, 0.25) is 0 Å². The first-order valence-corrected chi connectivity index (χ1v) is 5.32. The second-order valence-corrected chi connectivity index (χ2v) is 4.81. The smallest absolute Gasteiger partial charge is 0.162 e. The maximum atomic E-state index is 11.9. The van der Waals surface area contributed by atoms with Crippen molar-refractivity contribution >= 4 is 5.78 Å². The van der Waals surface area contributed by atoms with E-state index in [1.54, 1.807) is 6.08 Å². The number of carbonyl (C=O) groups excluding carboxylic acids is 1. The Bertz CT molecular complexity index is 282. The van der Waals surface area contributed by atoms with Crippen molar-refractivity contribution in [1.82, 2.24) is 0 Å². The molecule has 0 fully saturated rings. The third-order valence-electron chi connectivity index (χ3n) is 3.11. The fraction of sp³-hybridized carbons (Fsp3) is 0.615. The summed E-state index contributed by atoms with van der Waals surface area (Å²) in [7, 11) is 0. The lowest BCUT2D eigenvalue weighted by Crippen LogP contribution is -2.33. The Kier molecular flexibility index (Phi) is 3.30. The first-order valence-electron chi connectivity index (χ1n) is 5.32. The van der Waals surface area contributed by atoms with Crippen LogP contribution in [-0.4, -0.2) is 5.78 Å². The number of ketones is 1. The first kappa shape index (κ1) is 11.2. The second kappa shape index (κ2) is 4.12. The molecule has 0 N–H and O–H groups in total. The maximum Gasteiger partial charge on any atom is 0.162 e. The molecule has 0 saturated heterocycles. The molecular formula is C13H20O. The van der Waals surface area contributed by atoms with Crippen LogP contribution in [0.25, 0.3) is 0 Å². The molecule has 0 aromatic heterocycles. The molecule has 14 heavy (non-hydrogen) atoms. The molecule has 1 rings (SSSR count). The predicted molar refractivity (Wildman–Crippen MR) is 60.1 cm³/mol. The van der Waals surface area contributed by atoms with E-state index in [-0.39, 0.29) is 17.1 Å². The van der Waals surface area contributed by atoms with Gasteiger partial charge in [-0.25, -0.2) is 0 Å². The molecule has 0 bridgehead atoms. The Morgan fingerprint density at radius 3 is 2.71 bits per heavy atom. The van der Waals surface area contributed by atoms with E-state index in [1.165, 1.54) is 5.57 Å². The molecule has 0 unspecified atom stereocenters. The summed E-state index contributed by atoms with van der Waals surface area (Å²) >= 11 is 0. The molecule has 78 valence electrons. The third kappa shape index (κ3) is 2.14. The molecule has 0 aliphatic heterocycles. The van der Waals surface area contributed by atoms with Gasteiger partial charge >= 0.3 is 0 Å². The van der Waals surface area contributed by atoms with Gasteiger partial charge in [0.1, 0.15) is 0 Å². The summed E-state index contributed by atoms with van der Waals surface area (Å²) in [6.07, 6.45) is 7.96. The van der Waals surface area contributed by atoms with Gasteiger partial charge in [-0.05, 0) is 38.2 Å². The Morgan fingerprint density at radius 2 is 2.21 bits per heavy atom. The van der Waals surface area contributed by atoms with Crippen molar-refractivity contribution in [1.29, 1.82) is 0 Å². The molecule has 0 amide bonds. The molecule has 0 radical (unpaired) electrons. The second-order valence-electron chi connectivity index (χ2n) is 4.81. The predicted octanol–water partition coefficient (Wildman–Crippen LogP) is 3.51. The number of hydrogen-bond acceptors (Lipinski definition) is 1. The van der Waals surface area contributed by atoms with Crippen molar-refractivity contribution in [3.63, 3.8) is 0 Å². The van der Waals surface area contributed by atoms with Gasteiger partial charge in [0.15, 0.2) is 5.78 Å². The van der Waals surface area contributed by atoms with Crippen molar-refractivity contribution in [2.75, 3.05) is 0 Å². The van der Waals surface area contributed by atoms with E-state index in [1.807, 2.05) is 13.0 Å². The zero-order valence-electron chi connectivity index (χ0n) is 9.63. The van der Waals surface area contributed by atoms with Crippen LogP contribution in [0.4, 0.5) is 0 Å². The first-order chi connectivity index (χ1) is 6.49. The van der Waals surface area contributed by atoms with Gasteiger partial charge in [0, 0.05) is 5.92 Å². The summed E-state index contributed by atoms with van der Waals surface area (Å²) in [5.74, 6) is 0.346.